The number of nitrogens with zero attached hydrogens (tertiary/aromatic N) is 3. The molecular weight excluding hydrogens is 505 g/mol. The number of hydrogen-bond acceptors (Lipinski definition) is 3. The van der Waals surface area contributed by atoms with Gasteiger partial charge in [-0.05, 0) is 54.3 Å². The average Bonchev–Trinajstić information content (AvgIpc) is 2.83. The fourth-order valence-corrected chi connectivity index (χ4v) is 5.30. The van der Waals surface area contributed by atoms with Gasteiger partial charge in [0.05, 0.1) is 23.0 Å². The van der Waals surface area contributed by atoms with Crippen LogP contribution in [-0.4, -0.2) is 41.2 Å². The molecule has 0 N–H and O–H groups in total. The maximum atomic E-state index is 14.8. The maximum absolute atomic E-state index is 14.8. The van der Waals surface area contributed by atoms with Gasteiger partial charge in [0.15, 0.2) is 0 Å². The molecule has 0 bridgehead atoms. The van der Waals surface area contributed by atoms with Crippen molar-refractivity contribution >= 4 is 27.4 Å². The summed E-state index contributed by atoms with van der Waals surface area (Å²) >= 11 is 3.32. The quantitative estimate of drug-likeness (QED) is 0.473. The molecule has 0 radical (unpaired) electrons. The van der Waals surface area contributed by atoms with E-state index in [-0.39, 0.29) is 17.8 Å². The predicted octanol–water partition coefficient (Wildman–Crippen LogP) is 6.17. The van der Waals surface area contributed by atoms with E-state index in [2.05, 4.69) is 47.6 Å². The molecule has 0 aromatic heterocycles. The summed E-state index contributed by atoms with van der Waals surface area (Å²) in [6, 6.07) is 13.3. The smallest absolute Gasteiger partial charge is 0.255 e. The van der Waals surface area contributed by atoms with Crippen LogP contribution in [0.25, 0.3) is 5.57 Å². The van der Waals surface area contributed by atoms with E-state index in [4.69, 9.17) is 0 Å². The minimum Gasteiger partial charge on any atom is -0.376 e. The monoisotopic (exact) mass is 531 g/mol. The molecule has 178 valence electrons. The Bertz CT molecular complexity index is 1370. The van der Waals surface area contributed by atoms with Gasteiger partial charge in [0.1, 0.15) is 5.82 Å². The van der Waals surface area contributed by atoms with Crippen LogP contribution in [0.2, 0.25) is 0 Å². The van der Waals surface area contributed by atoms with E-state index in [1.165, 1.54) is 17.2 Å². The number of rotatable bonds is 3. The van der Waals surface area contributed by atoms with Gasteiger partial charge < -0.3 is 14.7 Å². The van der Waals surface area contributed by atoms with Crippen molar-refractivity contribution in [3.8, 4) is 0 Å². The van der Waals surface area contributed by atoms with Crippen LogP contribution in [0.1, 0.15) is 29.7 Å². The normalized spacial score (nSPS) is 19.2. The van der Waals surface area contributed by atoms with E-state index in [1.807, 2.05) is 65.5 Å². The molecule has 1 atom stereocenters. The Labute approximate surface area is 214 Å². The molecule has 0 aliphatic carbocycles. The van der Waals surface area contributed by atoms with Crippen LogP contribution < -0.4 is 0 Å². The van der Waals surface area contributed by atoms with E-state index in [0.29, 0.717) is 27.7 Å². The lowest BCUT2D eigenvalue weighted by molar-refractivity contribution is -0.129. The zero-order valence-electron chi connectivity index (χ0n) is 20.1. The highest BCUT2D eigenvalue weighted by Crippen LogP contribution is 2.38. The number of halogens is 2. The van der Waals surface area contributed by atoms with Crippen LogP contribution in [-0.2, 0) is 11.2 Å². The van der Waals surface area contributed by atoms with Gasteiger partial charge in [0.25, 0.3) is 5.91 Å². The van der Waals surface area contributed by atoms with E-state index >= 15 is 0 Å². The van der Waals surface area contributed by atoms with Crippen molar-refractivity contribution in [3.63, 3.8) is 0 Å². The molecule has 6 heteroatoms. The molecule has 0 spiro atoms. The van der Waals surface area contributed by atoms with Gasteiger partial charge in [-0.15, -0.1) is 0 Å². The molecule has 0 saturated heterocycles. The number of carbonyl (C=O) groups excluding carboxylic acids is 1. The first-order valence-electron chi connectivity index (χ1n) is 11.6. The highest BCUT2D eigenvalue weighted by Gasteiger charge is 2.32. The van der Waals surface area contributed by atoms with Crippen LogP contribution in [0.5, 0.6) is 0 Å². The van der Waals surface area contributed by atoms with Gasteiger partial charge in [0, 0.05) is 48.6 Å². The number of hydrogen-bond donors (Lipinski definition) is 0. The lowest BCUT2D eigenvalue weighted by atomic mass is 9.92. The highest BCUT2D eigenvalue weighted by atomic mass is 79.9. The van der Waals surface area contributed by atoms with Crippen LogP contribution >= 0.6 is 15.9 Å². The Balaban J connectivity index is 1.53. The minimum atomic E-state index is -0.329. The third-order valence-electron chi connectivity index (χ3n) is 6.84. The largest absolute Gasteiger partial charge is 0.376 e. The molecule has 0 saturated carbocycles. The SMILES string of the molecule is C=C1C=C2C(N(C)C)=CC(C(=O)N3CCc4ccccc4[C@H]3C)=CN2C=C1c1ccc(Br)cc1F. The molecule has 0 fully saturated rings. The van der Waals surface area contributed by atoms with Crippen molar-refractivity contribution in [1.82, 2.24) is 14.7 Å². The topological polar surface area (TPSA) is 26.8 Å². The van der Waals surface area contributed by atoms with Crippen LogP contribution in [0.3, 0.4) is 0 Å². The van der Waals surface area contributed by atoms with Gasteiger partial charge in [-0.1, -0.05) is 52.8 Å². The summed E-state index contributed by atoms with van der Waals surface area (Å²) in [6.07, 6.45) is 8.43. The van der Waals surface area contributed by atoms with Gasteiger partial charge in [-0.2, -0.15) is 0 Å². The van der Waals surface area contributed by atoms with Gasteiger partial charge in [0.2, 0.25) is 0 Å². The molecule has 0 unspecified atom stereocenters. The van der Waals surface area contributed by atoms with Gasteiger partial charge in [-0.25, -0.2) is 4.39 Å². The minimum absolute atomic E-state index is 0.00871. The molecule has 3 heterocycles. The predicted molar refractivity (Wildman–Crippen MR) is 141 cm³/mol. The standard InChI is InChI=1S/C29H27BrFN3O/c1-18-13-28-27(32(3)4)14-21(16-33(28)17-25(18)24-10-9-22(30)15-26(24)31)29(35)34-12-11-20-7-5-6-8-23(20)19(34)2/h5-10,13-17,19H,1,11-12H2,2-4H3/t19-/m1/s1. The van der Waals surface area contributed by atoms with E-state index in [9.17, 15) is 9.18 Å². The summed E-state index contributed by atoms with van der Waals surface area (Å²) in [4.78, 5) is 19.6. The Morgan fingerprint density at radius 1 is 1.14 bits per heavy atom. The highest BCUT2D eigenvalue weighted by molar-refractivity contribution is 9.10. The molecule has 1 amide bonds. The Hall–Kier alpha value is -3.38. The maximum Gasteiger partial charge on any atom is 0.255 e. The average molecular weight is 532 g/mol. The molecule has 35 heavy (non-hydrogen) atoms. The second-order valence-electron chi connectivity index (χ2n) is 9.26. The van der Waals surface area contributed by atoms with Crippen molar-refractivity contribution in [2.75, 3.05) is 20.6 Å². The number of fused-ring (bicyclic) bond motifs is 2. The first-order chi connectivity index (χ1) is 16.7. The molecule has 5 rings (SSSR count). The van der Waals surface area contributed by atoms with Crippen LogP contribution in [0, 0.1) is 5.82 Å². The number of amides is 1. The molecule has 2 aromatic carbocycles. The van der Waals surface area contributed by atoms with E-state index < -0.39 is 0 Å². The van der Waals surface area contributed by atoms with E-state index in [0.717, 1.165) is 23.4 Å². The Morgan fingerprint density at radius 2 is 1.91 bits per heavy atom. The van der Waals surface area contributed by atoms with Crippen LogP contribution in [0.4, 0.5) is 4.39 Å². The van der Waals surface area contributed by atoms with Crippen molar-refractivity contribution in [3.05, 3.63) is 123 Å². The summed E-state index contributed by atoms with van der Waals surface area (Å²) in [5.74, 6) is -0.343. The number of allylic oxidation sites excluding steroid dienone is 3. The fraction of sp³-hybridized carbons (Fsp3) is 0.207. The third-order valence-corrected chi connectivity index (χ3v) is 7.33. The van der Waals surface area contributed by atoms with Crippen LogP contribution in [0.15, 0.2) is 101 Å². The zero-order chi connectivity index (χ0) is 24.9. The summed E-state index contributed by atoms with van der Waals surface area (Å²) in [5, 5.41) is 0. The zero-order valence-corrected chi connectivity index (χ0v) is 21.6. The number of benzene rings is 2. The van der Waals surface area contributed by atoms with Crippen molar-refractivity contribution in [1.29, 1.82) is 0 Å². The second kappa shape index (κ2) is 9.00. The molecule has 3 aliphatic heterocycles. The molecule has 2 aromatic rings. The first kappa shape index (κ1) is 23.4. The Kier molecular flexibility index (Phi) is 6.01. The molecular formula is C29H27BrFN3O. The summed E-state index contributed by atoms with van der Waals surface area (Å²) in [6.45, 7) is 6.94. The van der Waals surface area contributed by atoms with Crippen molar-refractivity contribution < 1.29 is 9.18 Å². The molecule has 3 aliphatic rings. The summed E-state index contributed by atoms with van der Waals surface area (Å²) in [7, 11) is 3.91. The van der Waals surface area contributed by atoms with Gasteiger partial charge in [-0.3, -0.25) is 4.79 Å². The van der Waals surface area contributed by atoms with Crippen molar-refractivity contribution in [2.45, 2.75) is 19.4 Å². The fourth-order valence-electron chi connectivity index (χ4n) is 4.97. The number of carbonyl (C=O) groups is 1. The molecule has 4 nitrogen and oxygen atoms in total. The lowest BCUT2D eigenvalue weighted by Gasteiger charge is -2.38. The summed E-state index contributed by atoms with van der Waals surface area (Å²) < 4.78 is 15.5. The third kappa shape index (κ3) is 4.16. The first-order valence-corrected chi connectivity index (χ1v) is 12.4. The van der Waals surface area contributed by atoms with Gasteiger partial charge >= 0.3 is 0 Å². The van der Waals surface area contributed by atoms with E-state index in [1.54, 1.807) is 6.07 Å². The second-order valence-corrected chi connectivity index (χ2v) is 10.2. The Morgan fingerprint density at radius 3 is 2.66 bits per heavy atom. The van der Waals surface area contributed by atoms with Crippen molar-refractivity contribution in [2.24, 2.45) is 0 Å². The summed E-state index contributed by atoms with van der Waals surface area (Å²) in [5.41, 5.74) is 6.76. The lowest BCUT2D eigenvalue weighted by Crippen LogP contribution is -2.40. The number of likely N-dealkylation sites (N-methyl/N-ethyl adjacent to an activating group) is 1.